The van der Waals surface area contributed by atoms with E-state index in [0.717, 1.165) is 16.9 Å². The zero-order valence-electron chi connectivity index (χ0n) is 14.8. The average Bonchev–Trinajstić information content (AvgIpc) is 3.15. The van der Waals surface area contributed by atoms with Gasteiger partial charge in [0.05, 0.1) is 12.4 Å². The van der Waals surface area contributed by atoms with Gasteiger partial charge in [0.15, 0.2) is 0 Å². The van der Waals surface area contributed by atoms with Crippen LogP contribution in [-0.4, -0.2) is 28.5 Å². The largest absolute Gasteiger partial charge is 0.497 e. The molecule has 0 saturated carbocycles. The number of methoxy groups -OCH3 is 1. The zero-order chi connectivity index (χ0) is 19.2. The molecular formula is C19H18ClN3O3S. The Bertz CT molecular complexity index is 915. The van der Waals surface area contributed by atoms with Crippen molar-refractivity contribution >= 4 is 29.3 Å². The zero-order valence-corrected chi connectivity index (χ0v) is 16.4. The summed E-state index contributed by atoms with van der Waals surface area (Å²) in [5.74, 6) is 1.03. The van der Waals surface area contributed by atoms with Gasteiger partial charge in [-0.2, -0.15) is 0 Å². The standard InChI is InChI=1S/C19H18ClN3O3S/c1-12(17(24)21-11-13-6-8-16(25-2)9-7-13)27-19-23-22-18(26-19)14-4-3-5-15(20)10-14/h3-10,12H,11H2,1-2H3,(H,21,24)/t12-/m1/s1. The van der Waals surface area contributed by atoms with E-state index in [2.05, 4.69) is 15.5 Å². The molecule has 1 heterocycles. The third-order valence-corrected chi connectivity index (χ3v) is 4.92. The summed E-state index contributed by atoms with van der Waals surface area (Å²) in [6, 6.07) is 14.7. The van der Waals surface area contributed by atoms with Crippen molar-refractivity contribution in [1.29, 1.82) is 0 Å². The van der Waals surface area contributed by atoms with Crippen LogP contribution in [0.1, 0.15) is 12.5 Å². The maximum Gasteiger partial charge on any atom is 0.277 e. The van der Waals surface area contributed by atoms with E-state index in [4.69, 9.17) is 20.8 Å². The summed E-state index contributed by atoms with van der Waals surface area (Å²) >= 11 is 7.18. The van der Waals surface area contributed by atoms with Crippen LogP contribution in [-0.2, 0) is 11.3 Å². The summed E-state index contributed by atoms with van der Waals surface area (Å²) in [5, 5.41) is 11.4. The third kappa shape index (κ3) is 5.24. The number of hydrogen-bond donors (Lipinski definition) is 1. The molecule has 1 amide bonds. The predicted octanol–water partition coefficient (Wildman–Crippen LogP) is 4.20. The summed E-state index contributed by atoms with van der Waals surface area (Å²) in [6.07, 6.45) is 0. The Balaban J connectivity index is 1.55. The molecule has 2 aromatic carbocycles. The van der Waals surface area contributed by atoms with Crippen LogP contribution in [0.25, 0.3) is 11.5 Å². The highest BCUT2D eigenvalue weighted by Gasteiger charge is 2.18. The molecule has 0 aliphatic rings. The minimum Gasteiger partial charge on any atom is -0.497 e. The molecule has 0 unspecified atom stereocenters. The Labute approximate surface area is 166 Å². The number of hydrogen-bond acceptors (Lipinski definition) is 6. The van der Waals surface area contributed by atoms with E-state index < -0.39 is 0 Å². The molecule has 8 heteroatoms. The van der Waals surface area contributed by atoms with Crippen molar-refractivity contribution in [2.45, 2.75) is 23.9 Å². The second kappa shape index (κ2) is 8.92. The number of nitrogens with one attached hydrogen (secondary N) is 1. The average molecular weight is 404 g/mol. The fourth-order valence-corrected chi connectivity index (χ4v) is 3.17. The molecule has 0 radical (unpaired) electrons. The van der Waals surface area contributed by atoms with Gasteiger partial charge in [0.2, 0.25) is 11.8 Å². The van der Waals surface area contributed by atoms with Crippen molar-refractivity contribution in [3.63, 3.8) is 0 Å². The van der Waals surface area contributed by atoms with Gasteiger partial charge < -0.3 is 14.5 Å². The summed E-state index contributed by atoms with van der Waals surface area (Å²) in [6.45, 7) is 2.22. The topological polar surface area (TPSA) is 77.2 Å². The maximum atomic E-state index is 12.3. The van der Waals surface area contributed by atoms with Gasteiger partial charge in [-0.3, -0.25) is 4.79 Å². The molecule has 0 aliphatic carbocycles. The van der Waals surface area contributed by atoms with Crippen LogP contribution in [0, 0.1) is 0 Å². The molecule has 0 bridgehead atoms. The first-order valence-corrected chi connectivity index (χ1v) is 9.47. The quantitative estimate of drug-likeness (QED) is 0.596. The van der Waals surface area contributed by atoms with E-state index >= 15 is 0 Å². The Morgan fingerprint density at radius 3 is 2.74 bits per heavy atom. The molecule has 0 fully saturated rings. The summed E-state index contributed by atoms with van der Waals surface area (Å²) in [5.41, 5.74) is 1.72. The number of carbonyl (C=O) groups excluding carboxylic acids is 1. The number of aromatic nitrogens is 2. The fraction of sp³-hybridized carbons (Fsp3) is 0.211. The number of benzene rings is 2. The van der Waals surface area contributed by atoms with Gasteiger partial charge in [0, 0.05) is 17.1 Å². The molecule has 1 N–H and O–H groups in total. The molecule has 27 heavy (non-hydrogen) atoms. The van der Waals surface area contributed by atoms with Crippen molar-refractivity contribution in [2.75, 3.05) is 7.11 Å². The second-order valence-corrected chi connectivity index (χ2v) is 7.44. The smallest absolute Gasteiger partial charge is 0.277 e. The summed E-state index contributed by atoms with van der Waals surface area (Å²) < 4.78 is 10.7. The van der Waals surface area contributed by atoms with Gasteiger partial charge in [-0.1, -0.05) is 41.6 Å². The number of carbonyl (C=O) groups is 1. The maximum absolute atomic E-state index is 12.3. The summed E-state index contributed by atoms with van der Waals surface area (Å²) in [4.78, 5) is 12.3. The first-order chi connectivity index (χ1) is 13.0. The van der Waals surface area contributed by atoms with E-state index in [-0.39, 0.29) is 11.2 Å². The lowest BCUT2D eigenvalue weighted by atomic mass is 10.2. The number of halogens is 1. The van der Waals surface area contributed by atoms with Crippen LogP contribution in [0.15, 0.2) is 58.2 Å². The van der Waals surface area contributed by atoms with Crippen molar-refractivity contribution < 1.29 is 13.9 Å². The normalized spacial score (nSPS) is 11.8. The first-order valence-electron chi connectivity index (χ1n) is 8.22. The molecule has 0 aliphatic heterocycles. The number of rotatable bonds is 7. The van der Waals surface area contributed by atoms with Gasteiger partial charge in [-0.05, 0) is 42.8 Å². The van der Waals surface area contributed by atoms with E-state index in [0.29, 0.717) is 22.7 Å². The second-order valence-electron chi connectivity index (χ2n) is 5.71. The monoisotopic (exact) mass is 403 g/mol. The number of nitrogens with zero attached hydrogens (tertiary/aromatic N) is 2. The molecule has 1 aromatic heterocycles. The number of amides is 1. The van der Waals surface area contributed by atoms with E-state index in [9.17, 15) is 4.79 Å². The SMILES string of the molecule is COc1ccc(CNC(=O)[C@@H](C)Sc2nnc(-c3cccc(Cl)c3)o2)cc1. The lowest BCUT2D eigenvalue weighted by Crippen LogP contribution is -2.30. The van der Waals surface area contributed by atoms with Crippen LogP contribution in [0.2, 0.25) is 5.02 Å². The Morgan fingerprint density at radius 2 is 2.04 bits per heavy atom. The third-order valence-electron chi connectivity index (χ3n) is 3.75. The fourth-order valence-electron chi connectivity index (χ4n) is 2.28. The highest BCUT2D eigenvalue weighted by Crippen LogP contribution is 2.27. The molecule has 0 spiro atoms. The lowest BCUT2D eigenvalue weighted by molar-refractivity contribution is -0.120. The number of ether oxygens (including phenoxy) is 1. The highest BCUT2D eigenvalue weighted by atomic mass is 35.5. The minimum absolute atomic E-state index is 0.113. The highest BCUT2D eigenvalue weighted by molar-refractivity contribution is 8.00. The molecule has 1 atom stereocenters. The molecule has 3 rings (SSSR count). The Kier molecular flexibility index (Phi) is 6.36. The van der Waals surface area contributed by atoms with Crippen LogP contribution < -0.4 is 10.1 Å². The van der Waals surface area contributed by atoms with Crippen LogP contribution in [0.3, 0.4) is 0 Å². The van der Waals surface area contributed by atoms with Crippen molar-refractivity contribution in [3.8, 4) is 17.2 Å². The molecule has 140 valence electrons. The van der Waals surface area contributed by atoms with E-state index in [1.807, 2.05) is 36.4 Å². The number of thioether (sulfide) groups is 1. The van der Waals surface area contributed by atoms with Crippen molar-refractivity contribution in [2.24, 2.45) is 0 Å². The van der Waals surface area contributed by atoms with Gasteiger partial charge in [-0.15, -0.1) is 10.2 Å². The minimum atomic E-state index is -0.379. The van der Waals surface area contributed by atoms with Crippen LogP contribution in [0.5, 0.6) is 5.75 Å². The predicted molar refractivity (Wildman–Crippen MR) is 105 cm³/mol. The Morgan fingerprint density at radius 1 is 1.26 bits per heavy atom. The van der Waals surface area contributed by atoms with Gasteiger partial charge in [0.25, 0.3) is 5.22 Å². The first kappa shape index (κ1) is 19.3. The summed E-state index contributed by atoms with van der Waals surface area (Å²) in [7, 11) is 1.62. The molecule has 0 saturated heterocycles. The van der Waals surface area contributed by atoms with Crippen molar-refractivity contribution in [3.05, 3.63) is 59.1 Å². The van der Waals surface area contributed by atoms with Crippen LogP contribution in [0.4, 0.5) is 0 Å². The van der Waals surface area contributed by atoms with Gasteiger partial charge in [0.1, 0.15) is 5.75 Å². The molecule has 3 aromatic rings. The Hall–Kier alpha value is -2.51. The van der Waals surface area contributed by atoms with E-state index in [1.54, 1.807) is 26.2 Å². The van der Waals surface area contributed by atoms with Gasteiger partial charge in [-0.25, -0.2) is 0 Å². The van der Waals surface area contributed by atoms with Crippen molar-refractivity contribution in [1.82, 2.24) is 15.5 Å². The van der Waals surface area contributed by atoms with Crippen LogP contribution >= 0.6 is 23.4 Å². The molecular weight excluding hydrogens is 386 g/mol. The van der Waals surface area contributed by atoms with Gasteiger partial charge >= 0.3 is 0 Å². The molecule has 6 nitrogen and oxygen atoms in total. The lowest BCUT2D eigenvalue weighted by Gasteiger charge is -2.10. The van der Waals surface area contributed by atoms with E-state index in [1.165, 1.54) is 11.8 Å².